The molecule has 3 N–H and O–H groups in total. The Morgan fingerprint density at radius 3 is 1.94 bits per heavy atom. The summed E-state index contributed by atoms with van der Waals surface area (Å²) in [5.41, 5.74) is 13.3. The van der Waals surface area contributed by atoms with E-state index in [1.807, 2.05) is 27.7 Å². The van der Waals surface area contributed by atoms with Crippen LogP contribution in [0.15, 0.2) is 16.8 Å². The van der Waals surface area contributed by atoms with E-state index < -0.39 is 0 Å². The Morgan fingerprint density at radius 2 is 1.44 bits per heavy atom. The van der Waals surface area contributed by atoms with Gasteiger partial charge >= 0.3 is 0 Å². The second-order valence-electron chi connectivity index (χ2n) is 9.27. The summed E-state index contributed by atoms with van der Waals surface area (Å²) >= 11 is 3.43. The first kappa shape index (κ1) is 30.9. The molecular weight excluding hydrogens is 480 g/mol. The van der Waals surface area contributed by atoms with E-state index in [0.717, 1.165) is 44.9 Å². The fourth-order valence-corrected chi connectivity index (χ4v) is 6.18. The fraction of sp³-hybridized carbons (Fsp3) is 0.607. The molecule has 0 saturated carbocycles. The lowest BCUT2D eigenvalue weighted by Crippen LogP contribution is -2.21. The van der Waals surface area contributed by atoms with Crippen molar-refractivity contribution in [1.82, 2.24) is 0 Å². The summed E-state index contributed by atoms with van der Waals surface area (Å²) in [4.78, 5) is 13.4. The van der Waals surface area contributed by atoms with Crippen molar-refractivity contribution in [3.63, 3.8) is 0 Å². The monoisotopic (exact) mass is 524 g/mol. The number of nitrogens with two attached hydrogens (primary N) is 1. The number of rotatable bonds is 15. The maximum Gasteiger partial charge on any atom is 0.242 e. The quantitative estimate of drug-likeness (QED) is 0.180. The van der Waals surface area contributed by atoms with Crippen LogP contribution in [0.4, 0.5) is 11.4 Å². The maximum absolute atomic E-state index is 13.4. The number of nitrogens with one attached hydrogen (secondary N) is 1. The Hall–Kier alpha value is -1.17. The Bertz CT molecular complexity index is 839. The highest BCUT2D eigenvalue weighted by Crippen LogP contribution is 2.36. The van der Waals surface area contributed by atoms with E-state index in [9.17, 15) is 4.79 Å². The summed E-state index contributed by atoms with van der Waals surface area (Å²) in [7, 11) is 0. The predicted molar refractivity (Wildman–Crippen MR) is 157 cm³/mol. The van der Waals surface area contributed by atoms with Crippen LogP contribution in [0.25, 0.3) is 0 Å². The number of hydrogen-bond acceptors (Lipinski definition) is 4. The van der Waals surface area contributed by atoms with Gasteiger partial charge in [0.2, 0.25) is 5.91 Å². The minimum absolute atomic E-state index is 0. The summed E-state index contributed by atoms with van der Waals surface area (Å²) in [5, 5.41) is 7.25. The number of anilines is 2. The molecule has 1 aromatic heterocycles. The van der Waals surface area contributed by atoms with Crippen molar-refractivity contribution in [3.05, 3.63) is 44.6 Å². The fourth-order valence-electron chi connectivity index (χ4n) is 4.26. The van der Waals surface area contributed by atoms with Gasteiger partial charge in [0.25, 0.3) is 0 Å². The maximum atomic E-state index is 13.4. The number of hydrogen-bond donors (Lipinski definition) is 2. The summed E-state index contributed by atoms with van der Waals surface area (Å²) in [6, 6.07) is 2.08. The first-order valence-corrected chi connectivity index (χ1v) is 14.7. The number of thiophene rings is 1. The average molecular weight is 525 g/mol. The van der Waals surface area contributed by atoms with E-state index in [1.54, 1.807) is 23.1 Å². The highest BCUT2D eigenvalue weighted by Gasteiger charge is 2.24. The van der Waals surface area contributed by atoms with Crippen molar-refractivity contribution in [2.24, 2.45) is 0 Å². The molecule has 0 radical (unpaired) electrons. The van der Waals surface area contributed by atoms with Crippen molar-refractivity contribution in [2.45, 2.75) is 104 Å². The van der Waals surface area contributed by atoms with Crippen LogP contribution in [-0.2, 0) is 4.79 Å². The lowest BCUT2D eigenvalue weighted by atomic mass is 9.96. The molecule has 0 saturated heterocycles. The predicted octanol–water partition coefficient (Wildman–Crippen LogP) is 9.32. The van der Waals surface area contributed by atoms with Crippen LogP contribution in [0.3, 0.4) is 0 Å². The molecule has 1 heterocycles. The average Bonchev–Trinajstić information content (AvgIpc) is 3.34. The van der Waals surface area contributed by atoms with E-state index >= 15 is 0 Å². The van der Waals surface area contributed by atoms with Crippen LogP contribution >= 0.6 is 35.5 Å². The van der Waals surface area contributed by atoms with Gasteiger partial charge in [0.1, 0.15) is 5.25 Å². The normalized spacial score (nSPS) is 11.8. The van der Waals surface area contributed by atoms with Gasteiger partial charge in [0.05, 0.1) is 0 Å². The number of carbonyl (C=O) groups excluding carboxylic acids is 1. The Labute approximate surface area is 222 Å². The van der Waals surface area contributed by atoms with Gasteiger partial charge in [-0.15, -0.1) is 24.2 Å². The van der Waals surface area contributed by atoms with Crippen molar-refractivity contribution >= 4 is 52.8 Å². The molecular formula is C28H45ClN2OS2. The molecule has 3 nitrogen and oxygen atoms in total. The number of thioether (sulfide) groups is 1. The van der Waals surface area contributed by atoms with Crippen LogP contribution in [0.2, 0.25) is 0 Å². The molecule has 6 heteroatoms. The van der Waals surface area contributed by atoms with E-state index in [-0.39, 0.29) is 23.6 Å². The second kappa shape index (κ2) is 16.5. The highest BCUT2D eigenvalue weighted by molar-refractivity contribution is 8.00. The van der Waals surface area contributed by atoms with Gasteiger partial charge in [-0.1, -0.05) is 64.7 Å². The van der Waals surface area contributed by atoms with E-state index in [4.69, 9.17) is 5.73 Å². The number of unbranched alkanes of at least 4 members (excludes halogenated alkanes) is 9. The molecule has 0 aliphatic carbocycles. The van der Waals surface area contributed by atoms with Gasteiger partial charge in [-0.3, -0.25) is 4.79 Å². The van der Waals surface area contributed by atoms with Gasteiger partial charge < -0.3 is 11.1 Å². The zero-order chi connectivity index (χ0) is 24.2. The van der Waals surface area contributed by atoms with Gasteiger partial charge in [-0.05, 0) is 84.5 Å². The number of nitrogen functional groups attached to an aromatic ring is 1. The Morgan fingerprint density at radius 1 is 0.912 bits per heavy atom. The van der Waals surface area contributed by atoms with Crippen molar-refractivity contribution in [1.29, 1.82) is 0 Å². The SMILES string of the molecule is CCCCCCCCCCCCSC(C(=O)Nc1c(C)c(C)c(N)c(C)c1C)c1ccsc1.Cl. The molecule has 1 amide bonds. The molecule has 2 aromatic rings. The largest absolute Gasteiger partial charge is 0.398 e. The number of amides is 1. The third-order valence-electron chi connectivity index (χ3n) is 6.80. The number of benzene rings is 1. The Kier molecular flexibility index (Phi) is 15.0. The summed E-state index contributed by atoms with van der Waals surface area (Å²) < 4.78 is 0. The second-order valence-corrected chi connectivity index (χ2v) is 11.3. The third kappa shape index (κ3) is 9.13. The van der Waals surface area contributed by atoms with Crippen molar-refractivity contribution in [3.8, 4) is 0 Å². The van der Waals surface area contributed by atoms with E-state index in [2.05, 4.69) is 29.1 Å². The van der Waals surface area contributed by atoms with Gasteiger partial charge in [-0.2, -0.15) is 11.3 Å². The molecule has 2 rings (SSSR count). The minimum Gasteiger partial charge on any atom is -0.398 e. The molecule has 0 aliphatic rings. The Balaban J connectivity index is 0.00000578. The number of halogens is 1. The molecule has 0 spiro atoms. The van der Waals surface area contributed by atoms with Crippen LogP contribution in [0, 0.1) is 27.7 Å². The molecule has 0 bridgehead atoms. The van der Waals surface area contributed by atoms with E-state index in [1.165, 1.54) is 64.2 Å². The lowest BCUT2D eigenvalue weighted by Gasteiger charge is -2.21. The molecule has 0 aliphatic heterocycles. The lowest BCUT2D eigenvalue weighted by molar-refractivity contribution is -0.115. The zero-order valence-corrected chi connectivity index (χ0v) is 24.2. The first-order chi connectivity index (χ1) is 15.9. The van der Waals surface area contributed by atoms with Crippen LogP contribution in [0.5, 0.6) is 0 Å². The van der Waals surface area contributed by atoms with Crippen LogP contribution in [0.1, 0.15) is 104 Å². The number of carbonyl (C=O) groups is 1. The highest BCUT2D eigenvalue weighted by atomic mass is 35.5. The summed E-state index contributed by atoms with van der Waals surface area (Å²) in [6.07, 6.45) is 13.3. The van der Waals surface area contributed by atoms with Crippen LogP contribution in [-0.4, -0.2) is 11.7 Å². The smallest absolute Gasteiger partial charge is 0.242 e. The first-order valence-electron chi connectivity index (χ1n) is 12.7. The molecule has 34 heavy (non-hydrogen) atoms. The molecule has 192 valence electrons. The van der Waals surface area contributed by atoms with Crippen molar-refractivity contribution < 1.29 is 4.79 Å². The van der Waals surface area contributed by atoms with E-state index in [0.29, 0.717) is 0 Å². The summed E-state index contributed by atoms with van der Waals surface area (Å²) in [6.45, 7) is 10.4. The van der Waals surface area contributed by atoms with Gasteiger partial charge in [0, 0.05) is 11.4 Å². The third-order valence-corrected chi connectivity index (χ3v) is 8.84. The molecule has 1 aromatic carbocycles. The van der Waals surface area contributed by atoms with Crippen molar-refractivity contribution in [2.75, 3.05) is 16.8 Å². The zero-order valence-electron chi connectivity index (χ0n) is 21.8. The molecule has 1 unspecified atom stereocenters. The minimum atomic E-state index is -0.174. The molecule has 1 atom stereocenters. The van der Waals surface area contributed by atoms with Crippen LogP contribution < -0.4 is 11.1 Å². The van der Waals surface area contributed by atoms with Gasteiger partial charge in [0.15, 0.2) is 0 Å². The molecule has 0 fully saturated rings. The summed E-state index contributed by atoms with van der Waals surface area (Å²) in [5.74, 6) is 1.09. The standard InChI is InChI=1S/C28H44N2OS2.ClH/c1-6-7-8-9-10-11-12-13-14-15-17-33-27(24-16-18-32-19-24)28(31)30-26-22(4)20(2)25(29)21(3)23(26)5;/h16,18-19,27H,6-15,17,29H2,1-5H3,(H,30,31);1H. The topological polar surface area (TPSA) is 55.1 Å². The van der Waals surface area contributed by atoms with Gasteiger partial charge in [-0.25, -0.2) is 0 Å².